The van der Waals surface area contributed by atoms with Crippen LogP contribution < -0.4 is 5.73 Å². The van der Waals surface area contributed by atoms with Crippen molar-refractivity contribution >= 4 is 5.78 Å². The van der Waals surface area contributed by atoms with Crippen molar-refractivity contribution in [2.45, 2.75) is 57.9 Å². The summed E-state index contributed by atoms with van der Waals surface area (Å²) in [7, 11) is 0. The Labute approximate surface area is 98.0 Å². The molecule has 3 saturated carbocycles. The standard InChI is InChI=1S/C14H23NO/c1-9(16)11-3-2-6-14(8-11)12-5-4-10(7-12)13(14)15/h10-13H,2-8,15H2,1H3/t10?,11?,12-,13+,14?/m0/s1. The Kier molecular flexibility index (Phi) is 2.39. The van der Waals surface area contributed by atoms with E-state index in [-0.39, 0.29) is 0 Å². The smallest absolute Gasteiger partial charge is 0.132 e. The van der Waals surface area contributed by atoms with E-state index in [0.717, 1.165) is 24.7 Å². The number of nitrogens with two attached hydrogens (primary N) is 1. The van der Waals surface area contributed by atoms with Crippen molar-refractivity contribution in [1.29, 1.82) is 0 Å². The number of Topliss-reactive ketones (excluding diaryl/α,β-unsaturated/α-hetero) is 1. The molecule has 5 atom stereocenters. The summed E-state index contributed by atoms with van der Waals surface area (Å²) in [5, 5.41) is 0. The minimum Gasteiger partial charge on any atom is -0.327 e. The molecule has 2 N–H and O–H groups in total. The molecule has 1 spiro atoms. The third-order valence-electron chi connectivity index (χ3n) is 5.85. The molecule has 3 unspecified atom stereocenters. The summed E-state index contributed by atoms with van der Waals surface area (Å²) in [5.41, 5.74) is 6.84. The first-order chi connectivity index (χ1) is 7.63. The maximum Gasteiger partial charge on any atom is 0.132 e. The zero-order chi connectivity index (χ0) is 11.3. The first-order valence-electron chi connectivity index (χ1n) is 6.89. The van der Waals surface area contributed by atoms with Gasteiger partial charge in [0.05, 0.1) is 0 Å². The Morgan fingerprint density at radius 2 is 2.12 bits per heavy atom. The van der Waals surface area contributed by atoms with E-state index in [1.54, 1.807) is 6.92 Å². The van der Waals surface area contributed by atoms with Crippen LogP contribution >= 0.6 is 0 Å². The van der Waals surface area contributed by atoms with Crippen LogP contribution in [-0.4, -0.2) is 11.8 Å². The van der Waals surface area contributed by atoms with Gasteiger partial charge in [0.25, 0.3) is 0 Å². The van der Waals surface area contributed by atoms with E-state index >= 15 is 0 Å². The van der Waals surface area contributed by atoms with E-state index in [2.05, 4.69) is 0 Å². The molecule has 3 aliphatic rings. The van der Waals surface area contributed by atoms with Crippen molar-refractivity contribution in [3.8, 4) is 0 Å². The molecule has 0 aromatic heterocycles. The average molecular weight is 221 g/mol. The molecule has 0 saturated heterocycles. The first kappa shape index (κ1) is 10.8. The number of fused-ring (bicyclic) bond motifs is 3. The summed E-state index contributed by atoms with van der Waals surface area (Å²) in [5.74, 6) is 2.33. The molecule has 0 aliphatic heterocycles. The summed E-state index contributed by atoms with van der Waals surface area (Å²) in [4.78, 5) is 11.6. The zero-order valence-electron chi connectivity index (χ0n) is 10.2. The van der Waals surface area contributed by atoms with Gasteiger partial charge in [0.1, 0.15) is 5.78 Å². The quantitative estimate of drug-likeness (QED) is 0.739. The van der Waals surface area contributed by atoms with Crippen molar-refractivity contribution in [3.05, 3.63) is 0 Å². The lowest BCUT2D eigenvalue weighted by atomic mass is 9.59. The zero-order valence-corrected chi connectivity index (χ0v) is 10.2. The van der Waals surface area contributed by atoms with Gasteiger partial charge in [0.2, 0.25) is 0 Å². The summed E-state index contributed by atoms with van der Waals surface area (Å²) < 4.78 is 0. The van der Waals surface area contributed by atoms with Crippen molar-refractivity contribution < 1.29 is 4.79 Å². The van der Waals surface area contributed by atoms with E-state index < -0.39 is 0 Å². The van der Waals surface area contributed by atoms with Gasteiger partial charge in [-0.15, -0.1) is 0 Å². The van der Waals surface area contributed by atoms with Gasteiger partial charge in [-0.05, 0) is 62.7 Å². The highest BCUT2D eigenvalue weighted by Gasteiger charge is 2.57. The maximum absolute atomic E-state index is 11.6. The third-order valence-corrected chi connectivity index (χ3v) is 5.85. The van der Waals surface area contributed by atoms with Crippen molar-refractivity contribution in [2.24, 2.45) is 28.9 Å². The van der Waals surface area contributed by atoms with Crippen molar-refractivity contribution in [1.82, 2.24) is 0 Å². The van der Waals surface area contributed by atoms with Gasteiger partial charge in [-0.25, -0.2) is 0 Å². The number of hydrogen-bond donors (Lipinski definition) is 1. The van der Waals surface area contributed by atoms with Gasteiger partial charge in [0, 0.05) is 12.0 Å². The van der Waals surface area contributed by atoms with E-state index in [1.165, 1.54) is 32.1 Å². The highest BCUT2D eigenvalue weighted by molar-refractivity contribution is 5.78. The lowest BCUT2D eigenvalue weighted by molar-refractivity contribution is -0.124. The second kappa shape index (κ2) is 3.56. The van der Waals surface area contributed by atoms with Crippen LogP contribution in [-0.2, 0) is 4.79 Å². The van der Waals surface area contributed by atoms with Crippen LogP contribution in [0.25, 0.3) is 0 Å². The Morgan fingerprint density at radius 3 is 2.75 bits per heavy atom. The number of rotatable bonds is 1. The minimum atomic E-state index is 0.319. The fourth-order valence-corrected chi connectivity index (χ4v) is 4.97. The Bertz CT molecular complexity index is 310. The monoisotopic (exact) mass is 221 g/mol. The highest BCUT2D eigenvalue weighted by Crippen LogP contribution is 2.61. The van der Waals surface area contributed by atoms with Gasteiger partial charge in [-0.1, -0.05) is 6.42 Å². The normalized spacial score (nSPS) is 51.1. The molecular weight excluding hydrogens is 198 g/mol. The first-order valence-corrected chi connectivity index (χ1v) is 6.89. The third kappa shape index (κ3) is 1.32. The highest BCUT2D eigenvalue weighted by atomic mass is 16.1. The van der Waals surface area contributed by atoms with Crippen LogP contribution in [0.2, 0.25) is 0 Å². The molecule has 16 heavy (non-hydrogen) atoms. The molecule has 0 amide bonds. The summed E-state index contributed by atoms with van der Waals surface area (Å²) in [6, 6.07) is 0.397. The minimum absolute atomic E-state index is 0.319. The van der Waals surface area contributed by atoms with Gasteiger partial charge in [-0.3, -0.25) is 4.79 Å². The van der Waals surface area contributed by atoms with Crippen LogP contribution in [0.15, 0.2) is 0 Å². The number of carbonyl (C=O) groups is 1. The topological polar surface area (TPSA) is 43.1 Å². The molecule has 0 aromatic carbocycles. The second-order valence-corrected chi connectivity index (χ2v) is 6.43. The fourth-order valence-electron chi connectivity index (χ4n) is 4.97. The molecule has 2 nitrogen and oxygen atoms in total. The van der Waals surface area contributed by atoms with Crippen LogP contribution in [0.3, 0.4) is 0 Å². The van der Waals surface area contributed by atoms with Crippen LogP contribution in [0.4, 0.5) is 0 Å². The number of ketones is 1. The van der Waals surface area contributed by atoms with Crippen LogP contribution in [0, 0.1) is 23.2 Å². The van der Waals surface area contributed by atoms with Gasteiger partial charge >= 0.3 is 0 Å². The lowest BCUT2D eigenvalue weighted by Crippen LogP contribution is -2.49. The predicted molar refractivity (Wildman–Crippen MR) is 63.9 cm³/mol. The second-order valence-electron chi connectivity index (χ2n) is 6.43. The SMILES string of the molecule is CC(=O)C1CCCC2(C1)[C@H]1CCC(C1)[C@H]2N. The van der Waals surface area contributed by atoms with Gasteiger partial charge in [0.15, 0.2) is 0 Å². The summed E-state index contributed by atoms with van der Waals surface area (Å²) in [6.07, 6.45) is 8.80. The molecule has 3 fully saturated rings. The molecule has 2 bridgehead atoms. The molecule has 90 valence electrons. The Morgan fingerprint density at radius 1 is 1.31 bits per heavy atom. The predicted octanol–water partition coefficient (Wildman–Crippen LogP) is 2.51. The lowest BCUT2D eigenvalue weighted by Gasteiger charge is -2.47. The van der Waals surface area contributed by atoms with Crippen molar-refractivity contribution in [3.63, 3.8) is 0 Å². The van der Waals surface area contributed by atoms with Crippen molar-refractivity contribution in [2.75, 3.05) is 0 Å². The average Bonchev–Trinajstić information content (AvgIpc) is 2.84. The summed E-state index contributed by atoms with van der Waals surface area (Å²) in [6.45, 7) is 1.77. The maximum atomic E-state index is 11.6. The van der Waals surface area contributed by atoms with Crippen LogP contribution in [0.5, 0.6) is 0 Å². The molecule has 3 rings (SSSR count). The van der Waals surface area contributed by atoms with E-state index in [0.29, 0.717) is 23.2 Å². The Hall–Kier alpha value is -0.370. The fraction of sp³-hybridized carbons (Fsp3) is 0.929. The van der Waals surface area contributed by atoms with E-state index in [9.17, 15) is 4.79 Å². The Balaban J connectivity index is 1.85. The molecule has 0 radical (unpaired) electrons. The van der Waals surface area contributed by atoms with Gasteiger partial charge in [-0.2, -0.15) is 0 Å². The largest absolute Gasteiger partial charge is 0.327 e. The molecular formula is C14H23NO. The summed E-state index contributed by atoms with van der Waals surface area (Å²) >= 11 is 0. The molecule has 3 aliphatic carbocycles. The van der Waals surface area contributed by atoms with E-state index in [4.69, 9.17) is 5.73 Å². The molecule has 0 aromatic rings. The van der Waals surface area contributed by atoms with Crippen LogP contribution in [0.1, 0.15) is 51.9 Å². The molecule has 0 heterocycles. The van der Waals surface area contributed by atoms with E-state index in [1.807, 2.05) is 0 Å². The number of hydrogen-bond acceptors (Lipinski definition) is 2. The molecule has 2 heteroatoms. The van der Waals surface area contributed by atoms with Gasteiger partial charge < -0.3 is 5.73 Å². The number of carbonyl (C=O) groups excluding carboxylic acids is 1.